The molecule has 64 valence electrons. The number of hydrogen-bond acceptors (Lipinski definition) is 0. The molecule has 0 saturated carbocycles. The molecule has 0 nitrogen and oxygen atoms in total. The molecule has 0 radical (unpaired) electrons. The molecule has 0 bridgehead atoms. The molecule has 0 aliphatic heterocycles. The number of halogens is 3. The highest BCUT2D eigenvalue weighted by Gasteiger charge is 2.04. The third kappa shape index (κ3) is 2.08. The zero-order valence-electron chi connectivity index (χ0n) is 6.28. The molecular formula is C9H7BrClF. The standard InChI is InChI=1S/C9H7BrClF/c1-6(5-10)8-4-7(11)2-3-9(8)12/h2-4H,1,5H2. The Morgan fingerprint density at radius 1 is 1.58 bits per heavy atom. The Bertz CT molecular complexity index is 309. The largest absolute Gasteiger partial charge is 0.206 e. The molecule has 0 aliphatic rings. The third-order valence-corrected chi connectivity index (χ3v) is 2.38. The molecule has 0 atom stereocenters. The van der Waals surface area contributed by atoms with Gasteiger partial charge >= 0.3 is 0 Å². The average molecular weight is 250 g/mol. The smallest absolute Gasteiger partial charge is 0.130 e. The van der Waals surface area contributed by atoms with Gasteiger partial charge in [-0.3, -0.25) is 0 Å². The fourth-order valence-corrected chi connectivity index (χ4v) is 1.31. The van der Waals surface area contributed by atoms with E-state index >= 15 is 0 Å². The Hall–Kier alpha value is -0.340. The highest BCUT2D eigenvalue weighted by atomic mass is 79.9. The van der Waals surface area contributed by atoms with Gasteiger partial charge in [-0.15, -0.1) is 0 Å². The second-order valence-corrected chi connectivity index (χ2v) is 3.36. The molecule has 0 aliphatic carbocycles. The van der Waals surface area contributed by atoms with Crippen molar-refractivity contribution < 1.29 is 4.39 Å². The second-order valence-electron chi connectivity index (χ2n) is 2.36. The van der Waals surface area contributed by atoms with E-state index in [1.54, 1.807) is 6.07 Å². The molecule has 0 fully saturated rings. The van der Waals surface area contributed by atoms with Gasteiger partial charge in [-0.2, -0.15) is 0 Å². The van der Waals surface area contributed by atoms with Crippen LogP contribution in [0, 0.1) is 5.82 Å². The van der Waals surface area contributed by atoms with Gasteiger partial charge in [0, 0.05) is 15.9 Å². The number of alkyl halides is 1. The lowest BCUT2D eigenvalue weighted by atomic mass is 10.1. The van der Waals surface area contributed by atoms with Crippen molar-refractivity contribution in [2.24, 2.45) is 0 Å². The summed E-state index contributed by atoms with van der Waals surface area (Å²) in [5.41, 5.74) is 1.16. The van der Waals surface area contributed by atoms with Gasteiger partial charge in [0.05, 0.1) is 0 Å². The van der Waals surface area contributed by atoms with Gasteiger partial charge in [0.15, 0.2) is 0 Å². The Balaban J connectivity index is 3.13. The fourth-order valence-electron chi connectivity index (χ4n) is 0.840. The van der Waals surface area contributed by atoms with Gasteiger partial charge in [0.2, 0.25) is 0 Å². The third-order valence-electron chi connectivity index (χ3n) is 1.47. The van der Waals surface area contributed by atoms with Crippen LogP contribution in [-0.4, -0.2) is 5.33 Å². The van der Waals surface area contributed by atoms with E-state index in [1.165, 1.54) is 12.1 Å². The highest BCUT2D eigenvalue weighted by Crippen LogP contribution is 2.22. The molecule has 0 heterocycles. The lowest BCUT2D eigenvalue weighted by Gasteiger charge is -2.03. The minimum Gasteiger partial charge on any atom is -0.206 e. The topological polar surface area (TPSA) is 0 Å². The first kappa shape index (κ1) is 9.75. The minimum atomic E-state index is -0.288. The van der Waals surface area contributed by atoms with E-state index in [-0.39, 0.29) is 5.82 Å². The normalized spacial score (nSPS) is 9.92. The zero-order valence-corrected chi connectivity index (χ0v) is 8.62. The van der Waals surface area contributed by atoms with Crippen LogP contribution in [0.1, 0.15) is 5.56 Å². The maximum Gasteiger partial charge on any atom is 0.130 e. The Labute approximate surface area is 84.2 Å². The number of allylic oxidation sites excluding steroid dienone is 1. The molecule has 1 aromatic rings. The number of hydrogen-bond donors (Lipinski definition) is 0. The van der Waals surface area contributed by atoms with Crippen LogP contribution in [0.5, 0.6) is 0 Å². The Morgan fingerprint density at radius 2 is 2.25 bits per heavy atom. The van der Waals surface area contributed by atoms with Crippen molar-refractivity contribution in [2.45, 2.75) is 0 Å². The zero-order chi connectivity index (χ0) is 9.14. The van der Waals surface area contributed by atoms with Gasteiger partial charge < -0.3 is 0 Å². The van der Waals surface area contributed by atoms with Crippen molar-refractivity contribution in [3.8, 4) is 0 Å². The van der Waals surface area contributed by atoms with Crippen molar-refractivity contribution in [1.82, 2.24) is 0 Å². The van der Waals surface area contributed by atoms with Crippen LogP contribution >= 0.6 is 27.5 Å². The summed E-state index contributed by atoms with van der Waals surface area (Å²) in [5.74, 6) is -0.288. The first-order valence-corrected chi connectivity index (χ1v) is 4.84. The Morgan fingerprint density at radius 3 is 2.83 bits per heavy atom. The SMILES string of the molecule is C=C(CBr)c1cc(Cl)ccc1F. The van der Waals surface area contributed by atoms with Crippen LogP contribution in [0.3, 0.4) is 0 Å². The van der Waals surface area contributed by atoms with Gasteiger partial charge in [0.1, 0.15) is 5.82 Å². The van der Waals surface area contributed by atoms with Crippen molar-refractivity contribution >= 4 is 33.1 Å². The molecular weight excluding hydrogens is 242 g/mol. The van der Waals surface area contributed by atoms with Crippen LogP contribution in [0.25, 0.3) is 5.57 Å². The van der Waals surface area contributed by atoms with E-state index in [0.29, 0.717) is 21.5 Å². The summed E-state index contributed by atoms with van der Waals surface area (Å²) in [7, 11) is 0. The predicted octanol–water partition coefficient (Wildman–Crippen LogP) is 3.89. The predicted molar refractivity (Wildman–Crippen MR) is 54.2 cm³/mol. The molecule has 0 aromatic heterocycles. The molecule has 0 unspecified atom stereocenters. The second kappa shape index (κ2) is 4.06. The van der Waals surface area contributed by atoms with Crippen molar-refractivity contribution in [3.63, 3.8) is 0 Å². The molecule has 3 heteroatoms. The summed E-state index contributed by atoms with van der Waals surface area (Å²) < 4.78 is 13.1. The lowest BCUT2D eigenvalue weighted by Crippen LogP contribution is -1.88. The minimum absolute atomic E-state index is 0.288. The summed E-state index contributed by atoms with van der Waals surface area (Å²) in [5, 5.41) is 1.07. The first-order chi connectivity index (χ1) is 5.65. The molecule has 12 heavy (non-hydrogen) atoms. The van der Waals surface area contributed by atoms with E-state index in [1.807, 2.05) is 0 Å². The van der Waals surface area contributed by atoms with E-state index in [9.17, 15) is 4.39 Å². The quantitative estimate of drug-likeness (QED) is 0.698. The van der Waals surface area contributed by atoms with Gasteiger partial charge in [-0.25, -0.2) is 4.39 Å². The molecule has 0 amide bonds. The molecule has 0 saturated heterocycles. The molecule has 1 rings (SSSR count). The lowest BCUT2D eigenvalue weighted by molar-refractivity contribution is 0.624. The van der Waals surface area contributed by atoms with E-state index < -0.39 is 0 Å². The summed E-state index contributed by atoms with van der Waals surface area (Å²) in [6, 6.07) is 4.42. The Kier molecular flexibility index (Phi) is 3.29. The summed E-state index contributed by atoms with van der Waals surface area (Å²) in [4.78, 5) is 0. The van der Waals surface area contributed by atoms with E-state index in [2.05, 4.69) is 22.5 Å². The van der Waals surface area contributed by atoms with Crippen molar-refractivity contribution in [2.75, 3.05) is 5.33 Å². The van der Waals surface area contributed by atoms with Crippen LogP contribution in [0.4, 0.5) is 4.39 Å². The fraction of sp³-hybridized carbons (Fsp3) is 0.111. The van der Waals surface area contributed by atoms with Gasteiger partial charge in [0.25, 0.3) is 0 Å². The number of rotatable bonds is 2. The number of benzene rings is 1. The molecule has 1 aromatic carbocycles. The summed E-state index contributed by atoms with van der Waals surface area (Å²) in [6.45, 7) is 3.70. The van der Waals surface area contributed by atoms with Crippen LogP contribution in [0.15, 0.2) is 24.8 Å². The van der Waals surface area contributed by atoms with Crippen molar-refractivity contribution in [1.29, 1.82) is 0 Å². The van der Waals surface area contributed by atoms with Crippen LogP contribution in [0.2, 0.25) is 5.02 Å². The maximum absolute atomic E-state index is 13.1. The van der Waals surface area contributed by atoms with Gasteiger partial charge in [-0.05, 0) is 23.8 Å². The monoisotopic (exact) mass is 248 g/mol. The highest BCUT2D eigenvalue weighted by molar-refractivity contribution is 9.09. The molecule has 0 spiro atoms. The van der Waals surface area contributed by atoms with Crippen LogP contribution in [-0.2, 0) is 0 Å². The maximum atomic E-state index is 13.1. The summed E-state index contributed by atoms with van der Waals surface area (Å²) >= 11 is 8.90. The first-order valence-electron chi connectivity index (χ1n) is 3.34. The van der Waals surface area contributed by atoms with Crippen molar-refractivity contribution in [3.05, 3.63) is 41.2 Å². The average Bonchev–Trinajstić information content (AvgIpc) is 2.08. The van der Waals surface area contributed by atoms with Crippen LogP contribution < -0.4 is 0 Å². The van der Waals surface area contributed by atoms with E-state index in [0.717, 1.165) is 0 Å². The van der Waals surface area contributed by atoms with Gasteiger partial charge in [-0.1, -0.05) is 34.1 Å². The van der Waals surface area contributed by atoms with E-state index in [4.69, 9.17) is 11.6 Å². The molecule has 0 N–H and O–H groups in total. The summed E-state index contributed by atoms with van der Waals surface area (Å²) in [6.07, 6.45) is 0.